The number of benzene rings is 1. The van der Waals surface area contributed by atoms with Gasteiger partial charge in [-0.05, 0) is 36.5 Å². The second-order valence-corrected chi connectivity index (χ2v) is 7.70. The average Bonchev–Trinajstić information content (AvgIpc) is 2.65. The van der Waals surface area contributed by atoms with Crippen molar-refractivity contribution in [2.24, 2.45) is 10.9 Å². The number of methoxy groups -OCH3 is 1. The third-order valence-electron chi connectivity index (χ3n) is 4.98. The Morgan fingerprint density at radius 1 is 1.33 bits per heavy atom. The molecule has 2 unspecified atom stereocenters. The molecule has 2 atom stereocenters. The van der Waals surface area contributed by atoms with Crippen LogP contribution in [0.3, 0.4) is 0 Å². The first kappa shape index (κ1) is 21.4. The van der Waals surface area contributed by atoms with Crippen molar-refractivity contribution in [2.75, 3.05) is 27.7 Å². The number of hydrogen-bond donors (Lipinski definition) is 2. The van der Waals surface area contributed by atoms with Gasteiger partial charge in [0.15, 0.2) is 5.96 Å². The van der Waals surface area contributed by atoms with E-state index >= 15 is 0 Å². The highest BCUT2D eigenvalue weighted by Gasteiger charge is 2.22. The lowest BCUT2D eigenvalue weighted by atomic mass is 9.86. The molecule has 0 bridgehead atoms. The van der Waals surface area contributed by atoms with Gasteiger partial charge < -0.3 is 20.3 Å². The van der Waals surface area contributed by atoms with Gasteiger partial charge in [-0.15, -0.1) is 0 Å². The van der Waals surface area contributed by atoms with Crippen LogP contribution in [0.5, 0.6) is 5.75 Å². The highest BCUT2D eigenvalue weighted by molar-refractivity contribution is 6.32. The lowest BCUT2D eigenvalue weighted by Gasteiger charge is -2.31. The van der Waals surface area contributed by atoms with E-state index < -0.39 is 0 Å². The number of carbonyl (C=O) groups is 1. The third-order valence-corrected chi connectivity index (χ3v) is 5.27. The van der Waals surface area contributed by atoms with Crippen LogP contribution < -0.4 is 15.4 Å². The van der Waals surface area contributed by atoms with Gasteiger partial charge in [0, 0.05) is 20.1 Å². The number of hydrogen-bond acceptors (Lipinski definition) is 3. The number of likely N-dealkylation sites (N-methyl/N-ethyl adjacent to an activating group) is 1. The molecule has 0 heterocycles. The zero-order valence-electron chi connectivity index (χ0n) is 16.7. The SMILES string of the molecule is COc1ccc(CN=C(NCC(=O)N(C)C)NC2CCCCC2C)cc1Cl. The number of guanidine groups is 1. The molecular formula is C20H31ClN4O2. The van der Waals surface area contributed by atoms with Gasteiger partial charge in [-0.25, -0.2) is 4.99 Å². The number of nitrogens with zero attached hydrogens (tertiary/aromatic N) is 2. The van der Waals surface area contributed by atoms with E-state index in [0.717, 1.165) is 12.0 Å². The van der Waals surface area contributed by atoms with Crippen molar-refractivity contribution in [1.82, 2.24) is 15.5 Å². The average molecular weight is 395 g/mol. The highest BCUT2D eigenvalue weighted by Crippen LogP contribution is 2.25. The molecule has 0 spiro atoms. The minimum atomic E-state index is 0.00804. The van der Waals surface area contributed by atoms with Crippen molar-refractivity contribution in [1.29, 1.82) is 0 Å². The summed E-state index contributed by atoms with van der Waals surface area (Å²) in [6.45, 7) is 2.95. The van der Waals surface area contributed by atoms with Crippen LogP contribution in [0, 0.1) is 5.92 Å². The first-order valence-electron chi connectivity index (χ1n) is 9.48. The zero-order chi connectivity index (χ0) is 19.8. The summed E-state index contributed by atoms with van der Waals surface area (Å²) in [6.07, 6.45) is 4.84. The summed E-state index contributed by atoms with van der Waals surface area (Å²) in [5, 5.41) is 7.25. The first-order chi connectivity index (χ1) is 12.9. The molecule has 1 aromatic rings. The van der Waals surface area contributed by atoms with Crippen LogP contribution in [0.4, 0.5) is 0 Å². The van der Waals surface area contributed by atoms with E-state index in [1.807, 2.05) is 18.2 Å². The molecule has 1 aliphatic carbocycles. The predicted octanol–water partition coefficient (Wildman–Crippen LogP) is 3.05. The molecule has 1 fully saturated rings. The fourth-order valence-electron chi connectivity index (χ4n) is 3.15. The molecule has 1 saturated carbocycles. The Kier molecular flexibility index (Phi) is 8.23. The van der Waals surface area contributed by atoms with Gasteiger partial charge in [-0.1, -0.05) is 37.4 Å². The van der Waals surface area contributed by atoms with Crippen molar-refractivity contribution in [2.45, 2.75) is 45.2 Å². The van der Waals surface area contributed by atoms with Gasteiger partial charge in [0.05, 0.1) is 25.2 Å². The van der Waals surface area contributed by atoms with Crippen LogP contribution >= 0.6 is 11.6 Å². The molecule has 7 heteroatoms. The molecule has 150 valence electrons. The summed E-state index contributed by atoms with van der Waals surface area (Å²) in [5.41, 5.74) is 0.984. The molecule has 1 aromatic carbocycles. The third kappa shape index (κ3) is 6.61. The van der Waals surface area contributed by atoms with E-state index in [2.05, 4.69) is 22.5 Å². The lowest BCUT2D eigenvalue weighted by Crippen LogP contribution is -2.49. The van der Waals surface area contributed by atoms with Crippen LogP contribution in [0.15, 0.2) is 23.2 Å². The van der Waals surface area contributed by atoms with Crippen molar-refractivity contribution in [3.63, 3.8) is 0 Å². The molecule has 0 aliphatic heterocycles. The number of rotatable bonds is 6. The van der Waals surface area contributed by atoms with Gasteiger partial charge in [-0.3, -0.25) is 4.79 Å². The van der Waals surface area contributed by atoms with Crippen LogP contribution in [0.1, 0.15) is 38.2 Å². The van der Waals surface area contributed by atoms with Crippen LogP contribution in [-0.4, -0.2) is 50.6 Å². The number of carbonyl (C=O) groups excluding carboxylic acids is 1. The van der Waals surface area contributed by atoms with Crippen molar-refractivity contribution in [3.8, 4) is 5.75 Å². The van der Waals surface area contributed by atoms with E-state index in [0.29, 0.717) is 35.2 Å². The standard InChI is InChI=1S/C20H31ClN4O2/c1-14-7-5-6-8-17(14)24-20(23-13-19(26)25(2)3)22-12-15-9-10-18(27-4)16(21)11-15/h9-11,14,17H,5-8,12-13H2,1-4H3,(H2,22,23,24). The fraction of sp³-hybridized carbons (Fsp3) is 0.600. The molecule has 0 radical (unpaired) electrons. The minimum absolute atomic E-state index is 0.00804. The number of nitrogens with one attached hydrogen (secondary N) is 2. The zero-order valence-corrected chi connectivity index (χ0v) is 17.5. The van der Waals surface area contributed by atoms with E-state index in [9.17, 15) is 4.79 Å². The summed E-state index contributed by atoms with van der Waals surface area (Å²) >= 11 is 6.20. The lowest BCUT2D eigenvalue weighted by molar-refractivity contribution is -0.127. The molecule has 1 amide bonds. The molecule has 0 aromatic heterocycles. The molecule has 2 N–H and O–H groups in total. The molecule has 27 heavy (non-hydrogen) atoms. The van der Waals surface area contributed by atoms with Crippen molar-refractivity contribution in [3.05, 3.63) is 28.8 Å². The van der Waals surface area contributed by atoms with E-state index in [4.69, 9.17) is 16.3 Å². The highest BCUT2D eigenvalue weighted by atomic mass is 35.5. The van der Waals surface area contributed by atoms with Gasteiger partial charge in [0.25, 0.3) is 0 Å². The maximum Gasteiger partial charge on any atom is 0.241 e. The number of aliphatic imine (C=N–C) groups is 1. The normalized spacial score (nSPS) is 20.1. The number of ether oxygens (including phenoxy) is 1. The van der Waals surface area contributed by atoms with E-state index in [1.54, 1.807) is 26.1 Å². The van der Waals surface area contributed by atoms with Gasteiger partial charge in [0.1, 0.15) is 5.75 Å². The summed E-state index contributed by atoms with van der Waals surface area (Å²) in [5.74, 6) is 1.91. The maximum absolute atomic E-state index is 11.9. The van der Waals surface area contributed by atoms with Crippen LogP contribution in [-0.2, 0) is 11.3 Å². The fourth-order valence-corrected chi connectivity index (χ4v) is 3.44. The monoisotopic (exact) mass is 394 g/mol. The summed E-state index contributed by atoms with van der Waals surface area (Å²) < 4.78 is 5.19. The quantitative estimate of drug-likeness (QED) is 0.575. The Morgan fingerprint density at radius 2 is 2.07 bits per heavy atom. The van der Waals surface area contributed by atoms with Crippen molar-refractivity contribution >= 4 is 23.5 Å². The molecule has 1 aliphatic rings. The van der Waals surface area contributed by atoms with Crippen LogP contribution in [0.2, 0.25) is 5.02 Å². The second kappa shape index (κ2) is 10.4. The largest absolute Gasteiger partial charge is 0.495 e. The summed E-state index contributed by atoms with van der Waals surface area (Å²) in [6, 6.07) is 6.02. The Labute approximate surface area is 167 Å². The molecule has 2 rings (SSSR count). The Hall–Kier alpha value is -1.95. The Bertz CT molecular complexity index is 663. The first-order valence-corrected chi connectivity index (χ1v) is 9.86. The summed E-state index contributed by atoms with van der Waals surface area (Å²) in [7, 11) is 5.09. The van der Waals surface area contributed by atoms with E-state index in [-0.39, 0.29) is 12.5 Å². The molecule has 0 saturated heterocycles. The topological polar surface area (TPSA) is 66.0 Å². The van der Waals surface area contributed by atoms with Crippen LogP contribution in [0.25, 0.3) is 0 Å². The number of halogens is 1. The van der Waals surface area contributed by atoms with Crippen molar-refractivity contribution < 1.29 is 9.53 Å². The summed E-state index contributed by atoms with van der Waals surface area (Å²) in [4.78, 5) is 18.2. The Morgan fingerprint density at radius 3 is 2.70 bits per heavy atom. The van der Waals surface area contributed by atoms with Gasteiger partial charge >= 0.3 is 0 Å². The molecular weight excluding hydrogens is 364 g/mol. The predicted molar refractivity (Wildman–Crippen MR) is 110 cm³/mol. The van der Waals surface area contributed by atoms with Gasteiger partial charge in [0.2, 0.25) is 5.91 Å². The second-order valence-electron chi connectivity index (χ2n) is 7.29. The minimum Gasteiger partial charge on any atom is -0.495 e. The Balaban J connectivity index is 2.08. The maximum atomic E-state index is 11.9. The van der Waals surface area contributed by atoms with Gasteiger partial charge in [-0.2, -0.15) is 0 Å². The molecule has 6 nitrogen and oxygen atoms in total. The number of amides is 1. The van der Waals surface area contributed by atoms with E-state index in [1.165, 1.54) is 19.3 Å². The smallest absolute Gasteiger partial charge is 0.241 e.